The zero-order valence-corrected chi connectivity index (χ0v) is 26.2. The van der Waals surface area contributed by atoms with Crippen LogP contribution < -0.4 is 0 Å². The van der Waals surface area contributed by atoms with Crippen LogP contribution >= 0.6 is 0 Å². The maximum Gasteiger partial charge on any atom is 0.160 e. The van der Waals surface area contributed by atoms with E-state index in [2.05, 4.69) is 122 Å². The van der Waals surface area contributed by atoms with E-state index in [4.69, 9.17) is 9.97 Å². The van der Waals surface area contributed by atoms with Gasteiger partial charge in [0.2, 0.25) is 0 Å². The molecule has 46 heavy (non-hydrogen) atoms. The second kappa shape index (κ2) is 10.8. The van der Waals surface area contributed by atoms with Gasteiger partial charge in [-0.25, -0.2) is 9.97 Å². The molecule has 0 radical (unpaired) electrons. The van der Waals surface area contributed by atoms with E-state index in [1.54, 1.807) is 5.57 Å². The molecule has 3 aliphatic rings. The van der Waals surface area contributed by atoms with Gasteiger partial charge in [0.05, 0.1) is 11.4 Å². The average Bonchev–Trinajstić information content (AvgIpc) is 3.40. The van der Waals surface area contributed by atoms with Crippen molar-refractivity contribution in [2.45, 2.75) is 38.0 Å². The van der Waals surface area contributed by atoms with Crippen LogP contribution in [0.25, 0.3) is 56.2 Å². The highest BCUT2D eigenvalue weighted by Gasteiger charge is 2.49. The normalized spacial score (nSPS) is 21.0. The Morgan fingerprint density at radius 1 is 0.565 bits per heavy atom. The average molecular weight is 593 g/mol. The molecule has 1 aromatic heterocycles. The smallest absolute Gasteiger partial charge is 0.160 e. The topological polar surface area (TPSA) is 25.8 Å². The van der Waals surface area contributed by atoms with Gasteiger partial charge in [0, 0.05) is 22.1 Å². The third kappa shape index (κ3) is 4.39. The Bertz CT molecular complexity index is 2070. The van der Waals surface area contributed by atoms with Crippen molar-refractivity contribution in [3.05, 3.63) is 156 Å². The first-order chi connectivity index (χ1) is 22.7. The van der Waals surface area contributed by atoms with Crippen LogP contribution in [-0.4, -0.2) is 9.97 Å². The zero-order chi connectivity index (χ0) is 30.7. The van der Waals surface area contributed by atoms with E-state index in [9.17, 15) is 0 Å². The molecule has 222 valence electrons. The zero-order valence-electron chi connectivity index (χ0n) is 26.2. The van der Waals surface area contributed by atoms with Gasteiger partial charge in [0.1, 0.15) is 0 Å². The summed E-state index contributed by atoms with van der Waals surface area (Å²) >= 11 is 0. The molecule has 1 spiro atoms. The molecule has 5 aromatic carbocycles. The lowest BCUT2D eigenvalue weighted by Gasteiger charge is -2.45. The number of hydrogen-bond donors (Lipinski definition) is 0. The molecule has 0 N–H and O–H groups in total. The molecule has 1 fully saturated rings. The second-order valence-electron chi connectivity index (χ2n) is 13.5. The van der Waals surface area contributed by atoms with E-state index in [0.29, 0.717) is 5.92 Å². The van der Waals surface area contributed by atoms with Crippen molar-refractivity contribution in [2.24, 2.45) is 11.8 Å². The summed E-state index contributed by atoms with van der Waals surface area (Å²) in [6.45, 7) is 2.41. The molecule has 0 amide bonds. The number of allylic oxidation sites excluding steroid dienone is 2. The summed E-state index contributed by atoms with van der Waals surface area (Å²) < 4.78 is 0. The lowest BCUT2D eigenvalue weighted by molar-refractivity contribution is 0.284. The van der Waals surface area contributed by atoms with Crippen LogP contribution in [0.5, 0.6) is 0 Å². The monoisotopic (exact) mass is 592 g/mol. The first-order valence-electron chi connectivity index (χ1n) is 16.7. The van der Waals surface area contributed by atoms with Crippen molar-refractivity contribution in [1.82, 2.24) is 9.97 Å². The third-order valence-electron chi connectivity index (χ3n) is 10.7. The molecule has 0 aliphatic heterocycles. The minimum absolute atomic E-state index is 0.00739. The number of rotatable bonds is 4. The maximum atomic E-state index is 5.11. The van der Waals surface area contributed by atoms with E-state index in [1.807, 2.05) is 24.3 Å². The van der Waals surface area contributed by atoms with Crippen molar-refractivity contribution in [1.29, 1.82) is 0 Å². The van der Waals surface area contributed by atoms with Crippen molar-refractivity contribution in [3.8, 4) is 56.2 Å². The van der Waals surface area contributed by atoms with Gasteiger partial charge >= 0.3 is 0 Å². The fourth-order valence-corrected chi connectivity index (χ4v) is 8.61. The van der Waals surface area contributed by atoms with Crippen LogP contribution in [0.1, 0.15) is 43.7 Å². The van der Waals surface area contributed by atoms with Crippen molar-refractivity contribution >= 4 is 0 Å². The van der Waals surface area contributed by atoms with Gasteiger partial charge in [-0.15, -0.1) is 0 Å². The van der Waals surface area contributed by atoms with Crippen LogP contribution in [0.4, 0.5) is 0 Å². The predicted molar refractivity (Wildman–Crippen MR) is 189 cm³/mol. The van der Waals surface area contributed by atoms with E-state index in [-0.39, 0.29) is 5.41 Å². The Labute approximate surface area is 271 Å². The molecule has 3 unspecified atom stereocenters. The molecule has 3 atom stereocenters. The summed E-state index contributed by atoms with van der Waals surface area (Å²) in [6.07, 6.45) is 7.70. The molecule has 9 rings (SSSR count). The Morgan fingerprint density at radius 3 is 2.04 bits per heavy atom. The molecule has 6 aromatic rings. The molecule has 2 nitrogen and oxygen atoms in total. The number of aromatic nitrogens is 2. The van der Waals surface area contributed by atoms with E-state index in [0.717, 1.165) is 39.8 Å². The van der Waals surface area contributed by atoms with Crippen LogP contribution in [0, 0.1) is 11.8 Å². The molecule has 2 heteroatoms. The highest BCUT2D eigenvalue weighted by molar-refractivity contribution is 5.86. The van der Waals surface area contributed by atoms with Crippen LogP contribution in [0.15, 0.2) is 145 Å². The Balaban J connectivity index is 1.17. The molecule has 3 aliphatic carbocycles. The highest BCUT2D eigenvalue weighted by Crippen LogP contribution is 2.61. The van der Waals surface area contributed by atoms with Gasteiger partial charge in [-0.05, 0) is 89.1 Å². The number of nitrogens with zero attached hydrogens (tertiary/aromatic N) is 2. The first-order valence-corrected chi connectivity index (χ1v) is 16.7. The second-order valence-corrected chi connectivity index (χ2v) is 13.5. The SMILES string of the molecule is CC1C=C2CC(CCC23c2ccccc2-c2ccc(-c4cccc(-c5cc(-c6ccccc6)nc(-c6ccccc6)n5)c4)cc23)C1. The maximum absolute atomic E-state index is 5.11. The summed E-state index contributed by atoms with van der Waals surface area (Å²) in [5.41, 5.74) is 15.0. The third-order valence-corrected chi connectivity index (χ3v) is 10.7. The van der Waals surface area contributed by atoms with Crippen LogP contribution in [0.2, 0.25) is 0 Å². The lowest BCUT2D eigenvalue weighted by atomic mass is 9.58. The van der Waals surface area contributed by atoms with Gasteiger partial charge in [0.25, 0.3) is 0 Å². The number of benzene rings is 5. The lowest BCUT2D eigenvalue weighted by Crippen LogP contribution is -2.36. The summed E-state index contributed by atoms with van der Waals surface area (Å²) in [7, 11) is 0. The van der Waals surface area contributed by atoms with Crippen molar-refractivity contribution in [2.75, 3.05) is 0 Å². The van der Waals surface area contributed by atoms with E-state index < -0.39 is 0 Å². The van der Waals surface area contributed by atoms with Gasteiger partial charge in [-0.1, -0.05) is 134 Å². The van der Waals surface area contributed by atoms with Gasteiger partial charge < -0.3 is 0 Å². The standard InChI is InChI=1S/C44H36N2/c1-29-23-30-21-22-44(36(24-29)25-30)39-18-9-8-17-37(39)38-20-19-34(27-40(38)44)33-15-10-16-35(26-33)42-28-41(31-11-4-2-5-12-31)45-43(46-42)32-13-6-3-7-14-32/h2-20,24,26-30H,21-23,25H2,1H3. The minimum atomic E-state index is -0.00739. The first kappa shape index (κ1) is 27.2. The minimum Gasteiger partial charge on any atom is -0.228 e. The molecule has 2 bridgehead atoms. The van der Waals surface area contributed by atoms with Crippen molar-refractivity contribution < 1.29 is 0 Å². The molecular formula is C44H36N2. The largest absolute Gasteiger partial charge is 0.228 e. The van der Waals surface area contributed by atoms with Gasteiger partial charge in [0.15, 0.2) is 5.82 Å². The van der Waals surface area contributed by atoms with Crippen molar-refractivity contribution in [3.63, 3.8) is 0 Å². The summed E-state index contributed by atoms with van der Waals surface area (Å²) in [5, 5.41) is 0. The summed E-state index contributed by atoms with van der Waals surface area (Å²) in [6, 6.07) is 48.1. The number of hydrogen-bond acceptors (Lipinski definition) is 2. The van der Waals surface area contributed by atoms with Crippen LogP contribution in [-0.2, 0) is 5.41 Å². The molecule has 1 heterocycles. The Morgan fingerprint density at radius 2 is 1.22 bits per heavy atom. The van der Waals surface area contributed by atoms with Gasteiger partial charge in [-0.2, -0.15) is 0 Å². The van der Waals surface area contributed by atoms with Gasteiger partial charge in [-0.3, -0.25) is 0 Å². The fraction of sp³-hybridized carbons (Fsp3) is 0.182. The fourth-order valence-electron chi connectivity index (χ4n) is 8.61. The summed E-state index contributed by atoms with van der Waals surface area (Å²) in [5.74, 6) is 2.22. The molecule has 0 saturated heterocycles. The quantitative estimate of drug-likeness (QED) is 0.190. The summed E-state index contributed by atoms with van der Waals surface area (Å²) in [4.78, 5) is 10.1. The number of fused-ring (bicyclic) bond motifs is 8. The predicted octanol–water partition coefficient (Wildman–Crippen LogP) is 11.2. The van der Waals surface area contributed by atoms with E-state index >= 15 is 0 Å². The van der Waals surface area contributed by atoms with Crippen LogP contribution in [0.3, 0.4) is 0 Å². The van der Waals surface area contributed by atoms with E-state index in [1.165, 1.54) is 59.1 Å². The Kier molecular flexibility index (Phi) is 6.38. The highest BCUT2D eigenvalue weighted by atomic mass is 14.9. The molecular weight excluding hydrogens is 556 g/mol. The molecule has 1 saturated carbocycles. The Hall–Kier alpha value is -5.08.